The minimum Gasteiger partial charge on any atom is -0.495 e. The van der Waals surface area contributed by atoms with Crippen molar-refractivity contribution in [3.63, 3.8) is 0 Å². The Morgan fingerprint density at radius 2 is 2.29 bits per heavy atom. The Morgan fingerprint density at radius 1 is 1.50 bits per heavy atom. The highest BCUT2D eigenvalue weighted by atomic mass is 127. The van der Waals surface area contributed by atoms with Gasteiger partial charge < -0.3 is 4.74 Å². The Labute approximate surface area is 99.3 Å². The monoisotopic (exact) mass is 315 g/mol. The number of nitrogens with zero attached hydrogens (tertiary/aromatic N) is 1. The first-order valence-corrected chi connectivity index (χ1v) is 5.87. The summed E-state index contributed by atoms with van der Waals surface area (Å²) in [5, 5.41) is 11.9. The number of fused-ring (bicyclic) bond motifs is 1. The number of halogens is 1. The van der Waals surface area contributed by atoms with Crippen LogP contribution in [0, 0.1) is 14.9 Å². The lowest BCUT2D eigenvalue weighted by molar-refractivity contribution is 0.421. The van der Waals surface area contributed by atoms with Crippen molar-refractivity contribution in [2.75, 3.05) is 7.11 Å². The van der Waals surface area contributed by atoms with Crippen molar-refractivity contribution in [1.82, 2.24) is 0 Å². The average molecular weight is 315 g/mol. The first kappa shape index (κ1) is 9.74. The van der Waals surface area contributed by atoms with Gasteiger partial charge in [0.2, 0.25) is 0 Å². The van der Waals surface area contributed by atoms with Gasteiger partial charge in [-0.2, -0.15) is 5.26 Å². The molecule has 0 aliphatic carbocycles. The van der Waals surface area contributed by atoms with Crippen molar-refractivity contribution in [1.29, 1.82) is 5.26 Å². The molecule has 0 amide bonds. The van der Waals surface area contributed by atoms with E-state index in [1.807, 2.05) is 17.5 Å². The van der Waals surface area contributed by atoms with Gasteiger partial charge in [-0.05, 0) is 34.7 Å². The van der Waals surface area contributed by atoms with Crippen LogP contribution in [-0.4, -0.2) is 7.11 Å². The number of hydrogen-bond donors (Lipinski definition) is 0. The van der Waals surface area contributed by atoms with Crippen LogP contribution in [0.2, 0.25) is 0 Å². The Bertz CT molecular complexity index is 527. The van der Waals surface area contributed by atoms with Gasteiger partial charge >= 0.3 is 0 Å². The highest BCUT2D eigenvalue weighted by Crippen LogP contribution is 2.36. The van der Waals surface area contributed by atoms with Crippen LogP contribution in [0.5, 0.6) is 5.75 Å². The van der Waals surface area contributed by atoms with Gasteiger partial charge in [0, 0.05) is 19.0 Å². The first-order chi connectivity index (χ1) is 6.76. The largest absolute Gasteiger partial charge is 0.495 e. The minimum absolute atomic E-state index is 0.700. The van der Waals surface area contributed by atoms with Gasteiger partial charge in [-0.15, -0.1) is 11.3 Å². The Balaban J connectivity index is 2.80. The lowest BCUT2D eigenvalue weighted by Crippen LogP contribution is -1.83. The lowest BCUT2D eigenvalue weighted by Gasteiger charge is -1.99. The fourth-order valence-electron chi connectivity index (χ4n) is 1.30. The number of methoxy groups -OCH3 is 1. The number of ether oxygens (including phenoxy) is 1. The third kappa shape index (κ3) is 1.47. The molecule has 0 saturated carbocycles. The van der Waals surface area contributed by atoms with Crippen LogP contribution in [0.15, 0.2) is 17.5 Å². The molecule has 4 heteroatoms. The molecule has 0 atom stereocenters. The molecule has 1 heterocycles. The molecule has 2 aromatic rings. The summed E-state index contributed by atoms with van der Waals surface area (Å²) in [5.41, 5.74) is 0.700. The molecule has 70 valence electrons. The molecule has 0 bridgehead atoms. The Morgan fingerprint density at radius 3 is 2.93 bits per heavy atom. The number of benzene rings is 1. The van der Waals surface area contributed by atoms with Crippen LogP contribution < -0.4 is 4.74 Å². The third-order valence-corrected chi connectivity index (χ3v) is 3.70. The van der Waals surface area contributed by atoms with E-state index < -0.39 is 0 Å². The molecular formula is C10H6INOS. The van der Waals surface area contributed by atoms with Crippen LogP contribution in [0.25, 0.3) is 10.1 Å². The zero-order valence-electron chi connectivity index (χ0n) is 7.37. The molecule has 0 radical (unpaired) electrons. The van der Waals surface area contributed by atoms with Crippen molar-refractivity contribution in [2.24, 2.45) is 0 Å². The second-order valence-electron chi connectivity index (χ2n) is 2.75. The van der Waals surface area contributed by atoms with Gasteiger partial charge in [0.25, 0.3) is 0 Å². The van der Waals surface area contributed by atoms with E-state index in [2.05, 4.69) is 28.7 Å². The summed E-state index contributed by atoms with van der Waals surface area (Å²) in [4.78, 5) is 0. The second-order valence-corrected chi connectivity index (χ2v) is 4.82. The first-order valence-electron chi connectivity index (χ1n) is 3.91. The van der Waals surface area contributed by atoms with Gasteiger partial charge in [-0.1, -0.05) is 0 Å². The third-order valence-electron chi connectivity index (χ3n) is 1.94. The van der Waals surface area contributed by atoms with E-state index >= 15 is 0 Å². The highest BCUT2D eigenvalue weighted by Gasteiger charge is 2.09. The summed E-state index contributed by atoms with van der Waals surface area (Å²) < 4.78 is 7.41. The molecular weight excluding hydrogens is 309 g/mol. The van der Waals surface area contributed by atoms with Gasteiger partial charge in [0.1, 0.15) is 5.75 Å². The van der Waals surface area contributed by atoms with Crippen LogP contribution in [-0.2, 0) is 0 Å². The fraction of sp³-hybridized carbons (Fsp3) is 0.100. The predicted molar refractivity (Wildman–Crippen MR) is 65.8 cm³/mol. The van der Waals surface area contributed by atoms with E-state index in [4.69, 9.17) is 10.00 Å². The van der Waals surface area contributed by atoms with Crippen LogP contribution in [0.4, 0.5) is 0 Å². The van der Waals surface area contributed by atoms with Crippen molar-refractivity contribution in [3.05, 3.63) is 26.6 Å². The van der Waals surface area contributed by atoms with E-state index in [0.717, 1.165) is 19.4 Å². The smallest absolute Gasteiger partial charge is 0.138 e. The van der Waals surface area contributed by atoms with Gasteiger partial charge in [0.05, 0.1) is 18.7 Å². The standard InChI is InChI=1S/C10H6INOS/c1-13-8-5-14-9-3-6(4-12)2-7(11)10(8)9/h2-3,5H,1H3. The van der Waals surface area contributed by atoms with Gasteiger partial charge in [-0.3, -0.25) is 0 Å². The lowest BCUT2D eigenvalue weighted by atomic mass is 10.2. The zero-order chi connectivity index (χ0) is 10.1. The number of rotatable bonds is 1. The van der Waals surface area contributed by atoms with Crippen molar-refractivity contribution in [3.8, 4) is 11.8 Å². The minimum atomic E-state index is 0.700. The maximum Gasteiger partial charge on any atom is 0.138 e. The molecule has 0 aliphatic heterocycles. The molecule has 1 aromatic heterocycles. The van der Waals surface area contributed by atoms with Gasteiger partial charge in [-0.25, -0.2) is 0 Å². The molecule has 0 saturated heterocycles. The van der Waals surface area contributed by atoms with Crippen LogP contribution >= 0.6 is 33.9 Å². The zero-order valence-corrected chi connectivity index (χ0v) is 10.3. The van der Waals surface area contributed by atoms with E-state index in [-0.39, 0.29) is 0 Å². The number of hydrogen-bond acceptors (Lipinski definition) is 3. The van der Waals surface area contributed by atoms with Crippen LogP contribution in [0.1, 0.15) is 5.56 Å². The normalized spacial score (nSPS) is 10.1. The van der Waals surface area contributed by atoms with Crippen molar-refractivity contribution >= 4 is 44.0 Å². The molecule has 0 spiro atoms. The van der Waals surface area contributed by atoms with Crippen molar-refractivity contribution in [2.45, 2.75) is 0 Å². The summed E-state index contributed by atoms with van der Waals surface area (Å²) >= 11 is 3.83. The quantitative estimate of drug-likeness (QED) is 0.756. The summed E-state index contributed by atoms with van der Waals surface area (Å²) in [7, 11) is 1.66. The van der Waals surface area contributed by atoms with Crippen molar-refractivity contribution < 1.29 is 4.74 Å². The molecule has 0 unspecified atom stereocenters. The highest BCUT2D eigenvalue weighted by molar-refractivity contribution is 14.1. The summed E-state index contributed by atoms with van der Waals surface area (Å²) in [6.45, 7) is 0. The SMILES string of the molecule is COc1csc2cc(C#N)cc(I)c12. The molecule has 0 fully saturated rings. The molecule has 0 aliphatic rings. The number of nitriles is 1. The van der Waals surface area contributed by atoms with E-state index in [1.165, 1.54) is 0 Å². The molecule has 2 rings (SSSR count). The van der Waals surface area contributed by atoms with E-state index in [0.29, 0.717) is 5.56 Å². The van der Waals surface area contributed by atoms with Crippen LogP contribution in [0.3, 0.4) is 0 Å². The molecule has 2 nitrogen and oxygen atoms in total. The Hall–Kier alpha value is -0.800. The topological polar surface area (TPSA) is 33.0 Å². The number of thiophene rings is 1. The van der Waals surface area contributed by atoms with E-state index in [9.17, 15) is 0 Å². The van der Waals surface area contributed by atoms with Gasteiger partial charge in [0.15, 0.2) is 0 Å². The Kier molecular flexibility index (Phi) is 2.61. The molecule has 0 N–H and O–H groups in total. The summed E-state index contributed by atoms with van der Waals surface area (Å²) in [5.74, 6) is 0.888. The second kappa shape index (κ2) is 3.75. The fourth-order valence-corrected chi connectivity index (χ4v) is 3.35. The van der Waals surface area contributed by atoms with E-state index in [1.54, 1.807) is 18.4 Å². The predicted octanol–water partition coefficient (Wildman–Crippen LogP) is 3.39. The maximum atomic E-state index is 8.81. The summed E-state index contributed by atoms with van der Waals surface area (Å²) in [6, 6.07) is 5.91. The maximum absolute atomic E-state index is 8.81. The molecule has 1 aromatic carbocycles. The average Bonchev–Trinajstić information content (AvgIpc) is 2.61. The molecule has 14 heavy (non-hydrogen) atoms. The summed E-state index contributed by atoms with van der Waals surface area (Å²) in [6.07, 6.45) is 0.